The molecule has 1 aromatic heterocycles. The molecule has 5 heteroatoms. The largest absolute Gasteiger partial charge is 0.352 e. The maximum Gasteiger partial charge on any atom is 0.251 e. The first-order valence-electron chi connectivity index (χ1n) is 5.90. The van der Waals surface area contributed by atoms with Gasteiger partial charge in [-0.15, -0.1) is 0 Å². The Labute approximate surface area is 106 Å². The van der Waals surface area contributed by atoms with Gasteiger partial charge >= 0.3 is 0 Å². The summed E-state index contributed by atoms with van der Waals surface area (Å²) >= 11 is 0. The molecule has 0 bridgehead atoms. The van der Waals surface area contributed by atoms with E-state index in [-0.39, 0.29) is 5.91 Å². The quantitative estimate of drug-likeness (QED) is 0.889. The van der Waals surface area contributed by atoms with Gasteiger partial charge in [-0.1, -0.05) is 13.8 Å². The highest BCUT2D eigenvalue weighted by Crippen LogP contribution is 2.08. The molecule has 0 radical (unpaired) electrons. The van der Waals surface area contributed by atoms with Gasteiger partial charge in [0.15, 0.2) is 0 Å². The van der Waals surface area contributed by atoms with Gasteiger partial charge in [0, 0.05) is 12.1 Å². The van der Waals surface area contributed by atoms with Gasteiger partial charge in [-0.3, -0.25) is 4.79 Å². The van der Waals surface area contributed by atoms with E-state index in [1.807, 2.05) is 12.1 Å². The molecule has 1 aromatic carbocycles. The molecular weight excluding hydrogens is 228 g/mol. The number of carbonyl (C=O) groups is 1. The van der Waals surface area contributed by atoms with Crippen molar-refractivity contribution in [3.05, 3.63) is 42.5 Å². The number of benzene rings is 1. The second-order valence-corrected chi connectivity index (χ2v) is 4.49. The summed E-state index contributed by atoms with van der Waals surface area (Å²) in [5, 5.41) is 6.90. The molecule has 5 nitrogen and oxygen atoms in total. The van der Waals surface area contributed by atoms with Crippen LogP contribution >= 0.6 is 0 Å². The lowest BCUT2D eigenvalue weighted by molar-refractivity contribution is 0.0949. The van der Waals surface area contributed by atoms with Crippen molar-refractivity contribution in [3.63, 3.8) is 0 Å². The molecule has 0 saturated carbocycles. The summed E-state index contributed by atoms with van der Waals surface area (Å²) in [4.78, 5) is 15.7. The van der Waals surface area contributed by atoms with Gasteiger partial charge in [0.25, 0.3) is 5.91 Å². The number of carbonyl (C=O) groups excluding carboxylic acids is 1. The minimum Gasteiger partial charge on any atom is -0.352 e. The van der Waals surface area contributed by atoms with Crippen LogP contribution in [0.5, 0.6) is 0 Å². The van der Waals surface area contributed by atoms with E-state index in [2.05, 4.69) is 29.2 Å². The molecule has 0 aliphatic heterocycles. The van der Waals surface area contributed by atoms with E-state index in [4.69, 9.17) is 0 Å². The van der Waals surface area contributed by atoms with Crippen LogP contribution in [-0.4, -0.2) is 27.2 Å². The Balaban J connectivity index is 2.06. The Morgan fingerprint density at radius 3 is 2.61 bits per heavy atom. The molecule has 0 atom stereocenters. The second-order valence-electron chi connectivity index (χ2n) is 4.49. The van der Waals surface area contributed by atoms with Crippen LogP contribution in [-0.2, 0) is 0 Å². The average molecular weight is 244 g/mol. The standard InChI is InChI=1S/C13H16N4O/c1-10(2)7-15-13(18)11-3-5-12(6-4-11)17-9-14-8-16-17/h3-6,8-10H,7H2,1-2H3,(H,15,18). The molecule has 94 valence electrons. The second kappa shape index (κ2) is 5.44. The molecule has 1 amide bonds. The maximum absolute atomic E-state index is 11.8. The minimum absolute atomic E-state index is 0.0474. The summed E-state index contributed by atoms with van der Waals surface area (Å²) in [6.07, 6.45) is 3.09. The number of hydrogen-bond acceptors (Lipinski definition) is 3. The molecule has 0 unspecified atom stereocenters. The fourth-order valence-electron chi connectivity index (χ4n) is 1.51. The van der Waals surface area contributed by atoms with Crippen molar-refractivity contribution in [1.29, 1.82) is 0 Å². The third kappa shape index (κ3) is 2.94. The Hall–Kier alpha value is -2.17. The normalized spacial score (nSPS) is 10.6. The Morgan fingerprint density at radius 2 is 2.06 bits per heavy atom. The smallest absolute Gasteiger partial charge is 0.251 e. The summed E-state index contributed by atoms with van der Waals surface area (Å²) in [6, 6.07) is 7.26. The summed E-state index contributed by atoms with van der Waals surface area (Å²) in [6.45, 7) is 4.81. The monoisotopic (exact) mass is 244 g/mol. The van der Waals surface area contributed by atoms with Crippen LogP contribution < -0.4 is 5.32 Å². The first-order chi connectivity index (χ1) is 8.66. The predicted molar refractivity (Wildman–Crippen MR) is 68.5 cm³/mol. The zero-order valence-electron chi connectivity index (χ0n) is 10.5. The lowest BCUT2D eigenvalue weighted by atomic mass is 10.1. The molecule has 2 rings (SSSR count). The average Bonchev–Trinajstić information content (AvgIpc) is 2.90. The zero-order valence-corrected chi connectivity index (χ0v) is 10.5. The van der Waals surface area contributed by atoms with Gasteiger partial charge in [0.05, 0.1) is 5.69 Å². The van der Waals surface area contributed by atoms with Crippen LogP contribution in [0.4, 0.5) is 0 Å². The van der Waals surface area contributed by atoms with Crippen molar-refractivity contribution in [2.24, 2.45) is 5.92 Å². The summed E-state index contributed by atoms with van der Waals surface area (Å²) in [7, 11) is 0. The fourth-order valence-corrected chi connectivity index (χ4v) is 1.51. The lowest BCUT2D eigenvalue weighted by Gasteiger charge is -2.08. The van der Waals surface area contributed by atoms with E-state index < -0.39 is 0 Å². The first-order valence-corrected chi connectivity index (χ1v) is 5.90. The molecule has 2 aromatic rings. The van der Waals surface area contributed by atoms with Gasteiger partial charge in [-0.2, -0.15) is 5.10 Å². The van der Waals surface area contributed by atoms with Gasteiger partial charge in [-0.05, 0) is 30.2 Å². The van der Waals surface area contributed by atoms with Gasteiger partial charge in [0.1, 0.15) is 12.7 Å². The highest BCUT2D eigenvalue weighted by molar-refractivity contribution is 5.94. The van der Waals surface area contributed by atoms with Crippen LogP contribution in [0, 0.1) is 5.92 Å². The van der Waals surface area contributed by atoms with Gasteiger partial charge in [-0.25, -0.2) is 9.67 Å². The molecule has 0 saturated heterocycles. The first kappa shape index (κ1) is 12.3. The molecule has 18 heavy (non-hydrogen) atoms. The molecule has 0 aliphatic carbocycles. The van der Waals surface area contributed by atoms with E-state index >= 15 is 0 Å². The van der Waals surface area contributed by atoms with Crippen molar-refractivity contribution in [2.75, 3.05) is 6.54 Å². The van der Waals surface area contributed by atoms with Gasteiger partial charge < -0.3 is 5.32 Å². The SMILES string of the molecule is CC(C)CNC(=O)c1ccc(-n2cncn2)cc1. The van der Waals surface area contributed by atoms with Crippen LogP contribution in [0.1, 0.15) is 24.2 Å². The van der Waals surface area contributed by atoms with E-state index in [9.17, 15) is 4.79 Å². The number of nitrogens with one attached hydrogen (secondary N) is 1. The van der Waals surface area contributed by atoms with Crippen molar-refractivity contribution in [1.82, 2.24) is 20.1 Å². The number of amides is 1. The van der Waals surface area contributed by atoms with Crippen LogP contribution in [0.25, 0.3) is 5.69 Å². The van der Waals surface area contributed by atoms with E-state index in [0.717, 1.165) is 5.69 Å². The number of nitrogens with zero attached hydrogens (tertiary/aromatic N) is 3. The van der Waals surface area contributed by atoms with Crippen LogP contribution in [0.2, 0.25) is 0 Å². The molecular formula is C13H16N4O. The summed E-state index contributed by atoms with van der Waals surface area (Å²) in [5.41, 5.74) is 1.53. The number of rotatable bonds is 4. The molecule has 0 fully saturated rings. The van der Waals surface area contributed by atoms with Crippen LogP contribution in [0.15, 0.2) is 36.9 Å². The Bertz CT molecular complexity index is 502. The Kier molecular flexibility index (Phi) is 3.72. The van der Waals surface area contributed by atoms with Crippen molar-refractivity contribution in [2.45, 2.75) is 13.8 Å². The summed E-state index contributed by atoms with van der Waals surface area (Å²) < 4.78 is 1.65. The molecule has 0 aliphatic rings. The third-order valence-corrected chi connectivity index (χ3v) is 2.48. The van der Waals surface area contributed by atoms with Gasteiger partial charge in [0.2, 0.25) is 0 Å². The van der Waals surface area contributed by atoms with E-state index in [1.54, 1.807) is 23.1 Å². The fraction of sp³-hybridized carbons (Fsp3) is 0.308. The van der Waals surface area contributed by atoms with Crippen molar-refractivity contribution < 1.29 is 4.79 Å². The topological polar surface area (TPSA) is 59.8 Å². The van der Waals surface area contributed by atoms with Crippen LogP contribution in [0.3, 0.4) is 0 Å². The van der Waals surface area contributed by atoms with Crippen molar-refractivity contribution >= 4 is 5.91 Å². The molecule has 1 N–H and O–H groups in total. The molecule has 0 spiro atoms. The van der Waals surface area contributed by atoms with E-state index in [0.29, 0.717) is 18.0 Å². The zero-order chi connectivity index (χ0) is 13.0. The van der Waals surface area contributed by atoms with Crippen molar-refractivity contribution in [3.8, 4) is 5.69 Å². The third-order valence-electron chi connectivity index (χ3n) is 2.48. The lowest BCUT2D eigenvalue weighted by Crippen LogP contribution is -2.27. The highest BCUT2D eigenvalue weighted by Gasteiger charge is 2.06. The highest BCUT2D eigenvalue weighted by atomic mass is 16.1. The Morgan fingerprint density at radius 1 is 1.33 bits per heavy atom. The number of aromatic nitrogens is 3. The maximum atomic E-state index is 11.8. The minimum atomic E-state index is -0.0474. The summed E-state index contributed by atoms with van der Waals surface area (Å²) in [5.74, 6) is 0.400. The predicted octanol–water partition coefficient (Wildman–Crippen LogP) is 1.65. The number of hydrogen-bond donors (Lipinski definition) is 1. The van der Waals surface area contributed by atoms with E-state index in [1.165, 1.54) is 6.33 Å². The molecule has 1 heterocycles.